The van der Waals surface area contributed by atoms with Gasteiger partial charge in [0, 0.05) is 11.4 Å². The Balaban J connectivity index is 1.57. The van der Waals surface area contributed by atoms with Crippen molar-refractivity contribution in [2.45, 2.75) is 19.1 Å². The van der Waals surface area contributed by atoms with Crippen molar-refractivity contribution in [3.8, 4) is 0 Å². The molecule has 3 heteroatoms. The van der Waals surface area contributed by atoms with Gasteiger partial charge < -0.3 is 4.90 Å². The second kappa shape index (κ2) is 10.4. The van der Waals surface area contributed by atoms with Crippen LogP contribution in [0.3, 0.4) is 0 Å². The maximum atomic E-state index is 5.10. The Morgan fingerprint density at radius 2 is 1.21 bits per heavy atom. The highest BCUT2D eigenvalue weighted by molar-refractivity contribution is 8.17. The fraction of sp³-hybridized carbons (Fsp3) is 0.100. The molecule has 0 saturated carbocycles. The third kappa shape index (κ3) is 5.27. The smallest absolute Gasteiger partial charge is 0.165 e. The summed E-state index contributed by atoms with van der Waals surface area (Å²) in [5, 5.41) is 1.07. The summed E-state index contributed by atoms with van der Waals surface area (Å²) in [5.41, 5.74) is 5.01. The van der Waals surface area contributed by atoms with E-state index in [0.717, 1.165) is 11.7 Å². The lowest BCUT2D eigenvalue weighted by molar-refractivity contribution is 0.369. The van der Waals surface area contributed by atoms with Crippen molar-refractivity contribution >= 4 is 23.0 Å². The first-order valence-electron chi connectivity index (χ1n) is 11.3. The Labute approximate surface area is 200 Å². The van der Waals surface area contributed by atoms with Gasteiger partial charge in [-0.2, -0.15) is 0 Å². The van der Waals surface area contributed by atoms with Crippen LogP contribution in [0.2, 0.25) is 0 Å². The number of nitrogens with zero attached hydrogens (tertiary/aromatic N) is 2. The van der Waals surface area contributed by atoms with E-state index in [2.05, 4.69) is 132 Å². The molecule has 162 valence electrons. The largest absolute Gasteiger partial charge is 0.335 e. The number of benzene rings is 4. The lowest BCUT2D eigenvalue weighted by Crippen LogP contribution is -2.27. The number of thioether (sulfide) groups is 1. The molecule has 1 aliphatic heterocycles. The van der Waals surface area contributed by atoms with Gasteiger partial charge in [-0.15, -0.1) is 0 Å². The Morgan fingerprint density at radius 3 is 1.85 bits per heavy atom. The van der Waals surface area contributed by atoms with Crippen molar-refractivity contribution in [2.75, 3.05) is 0 Å². The van der Waals surface area contributed by atoms with Crippen LogP contribution < -0.4 is 0 Å². The average molecular weight is 447 g/mol. The molecule has 1 atom stereocenters. The van der Waals surface area contributed by atoms with Crippen molar-refractivity contribution < 1.29 is 0 Å². The minimum absolute atomic E-state index is 0.131. The maximum absolute atomic E-state index is 5.10. The SMILES string of the molecule is C(=C1/SC(=NCc2ccccc2)N(Cc2ccccc2)C1c1ccccc1)/c1ccccc1. The number of hydrogen-bond donors (Lipinski definition) is 0. The molecule has 4 aromatic rings. The zero-order valence-corrected chi connectivity index (χ0v) is 19.2. The highest BCUT2D eigenvalue weighted by atomic mass is 32.2. The van der Waals surface area contributed by atoms with E-state index in [-0.39, 0.29) is 6.04 Å². The number of rotatable bonds is 6. The number of hydrogen-bond acceptors (Lipinski definition) is 2. The zero-order valence-electron chi connectivity index (χ0n) is 18.4. The monoisotopic (exact) mass is 446 g/mol. The Hall–Kier alpha value is -3.56. The van der Waals surface area contributed by atoms with Gasteiger partial charge in [-0.05, 0) is 28.3 Å². The summed E-state index contributed by atoms with van der Waals surface area (Å²) in [6, 6.07) is 42.6. The third-order valence-corrected chi connectivity index (χ3v) is 6.82. The standard InChI is InChI=1S/C30H26N2S/c1-5-13-24(14-6-1)21-28-29(27-19-11-4-12-20-27)32(23-26-17-9-3-10-18-26)30(33-28)31-22-25-15-7-2-8-16-25/h1-21,29H,22-23H2/b28-21-,31-30?. The van der Waals surface area contributed by atoms with E-state index in [0.29, 0.717) is 6.54 Å². The molecule has 0 radical (unpaired) electrons. The molecule has 1 heterocycles. The summed E-state index contributed by atoms with van der Waals surface area (Å²) < 4.78 is 0. The van der Waals surface area contributed by atoms with Crippen molar-refractivity contribution in [3.63, 3.8) is 0 Å². The van der Waals surface area contributed by atoms with Gasteiger partial charge in [0.2, 0.25) is 0 Å². The van der Waals surface area contributed by atoms with Crippen LogP contribution in [-0.4, -0.2) is 10.1 Å². The van der Waals surface area contributed by atoms with Gasteiger partial charge in [0.15, 0.2) is 5.17 Å². The first-order valence-corrected chi connectivity index (χ1v) is 12.1. The molecule has 0 N–H and O–H groups in total. The molecule has 33 heavy (non-hydrogen) atoms. The molecule has 2 nitrogen and oxygen atoms in total. The lowest BCUT2D eigenvalue weighted by atomic mass is 10.0. The van der Waals surface area contributed by atoms with E-state index < -0.39 is 0 Å². The first-order chi connectivity index (χ1) is 16.4. The molecule has 5 rings (SSSR count). The van der Waals surface area contributed by atoms with Gasteiger partial charge in [0.25, 0.3) is 0 Å². The van der Waals surface area contributed by atoms with Gasteiger partial charge in [0.1, 0.15) is 0 Å². The van der Waals surface area contributed by atoms with Crippen LogP contribution in [0.1, 0.15) is 28.3 Å². The van der Waals surface area contributed by atoms with Gasteiger partial charge in [-0.1, -0.05) is 133 Å². The fourth-order valence-corrected chi connectivity index (χ4v) is 5.29. The highest BCUT2D eigenvalue weighted by Gasteiger charge is 2.35. The van der Waals surface area contributed by atoms with Crippen molar-refractivity contribution in [3.05, 3.63) is 148 Å². The van der Waals surface area contributed by atoms with Crippen LogP contribution in [-0.2, 0) is 13.1 Å². The molecule has 1 fully saturated rings. The van der Waals surface area contributed by atoms with Crippen LogP contribution in [0, 0.1) is 0 Å². The highest BCUT2D eigenvalue weighted by Crippen LogP contribution is 2.46. The summed E-state index contributed by atoms with van der Waals surface area (Å²) in [7, 11) is 0. The summed E-state index contributed by atoms with van der Waals surface area (Å²) in [5.74, 6) is 0. The van der Waals surface area contributed by atoms with Crippen molar-refractivity contribution in [2.24, 2.45) is 4.99 Å². The molecule has 1 aliphatic rings. The van der Waals surface area contributed by atoms with E-state index in [1.165, 1.54) is 27.2 Å². The molecule has 1 saturated heterocycles. The molecule has 0 amide bonds. The quantitative estimate of drug-likeness (QED) is 0.303. The van der Waals surface area contributed by atoms with Crippen molar-refractivity contribution in [1.82, 2.24) is 4.90 Å². The van der Waals surface area contributed by atoms with Crippen LogP contribution in [0.4, 0.5) is 0 Å². The second-order valence-electron chi connectivity index (χ2n) is 8.07. The minimum Gasteiger partial charge on any atom is -0.335 e. The topological polar surface area (TPSA) is 15.6 Å². The lowest BCUT2D eigenvalue weighted by Gasteiger charge is -2.27. The van der Waals surface area contributed by atoms with E-state index in [1.54, 1.807) is 11.8 Å². The fourth-order valence-electron chi connectivity index (χ4n) is 4.09. The first kappa shape index (κ1) is 21.3. The van der Waals surface area contributed by atoms with Crippen molar-refractivity contribution in [1.29, 1.82) is 0 Å². The summed E-state index contributed by atoms with van der Waals surface area (Å²) in [6.07, 6.45) is 2.31. The molecule has 4 aromatic carbocycles. The second-order valence-corrected chi connectivity index (χ2v) is 9.11. The predicted molar refractivity (Wildman–Crippen MR) is 141 cm³/mol. The molecule has 0 spiro atoms. The summed E-state index contributed by atoms with van der Waals surface area (Å²) in [4.78, 5) is 8.86. The Kier molecular flexibility index (Phi) is 6.69. The predicted octanol–water partition coefficient (Wildman–Crippen LogP) is 7.57. The van der Waals surface area contributed by atoms with E-state index in [1.807, 2.05) is 0 Å². The average Bonchev–Trinajstić information content (AvgIpc) is 3.21. The molecular weight excluding hydrogens is 420 g/mol. The Morgan fingerprint density at radius 1 is 0.667 bits per heavy atom. The third-order valence-electron chi connectivity index (χ3n) is 5.70. The van der Waals surface area contributed by atoms with Crippen LogP contribution >= 0.6 is 11.8 Å². The molecule has 1 unspecified atom stereocenters. The summed E-state index contributed by atoms with van der Waals surface area (Å²) in [6.45, 7) is 1.49. The van der Waals surface area contributed by atoms with Crippen LogP contribution in [0.15, 0.2) is 131 Å². The van der Waals surface area contributed by atoms with Gasteiger partial charge in [0.05, 0.1) is 12.6 Å². The zero-order chi connectivity index (χ0) is 22.3. The molecular formula is C30H26N2S. The Bertz CT molecular complexity index is 1220. The maximum Gasteiger partial charge on any atom is 0.165 e. The van der Waals surface area contributed by atoms with Gasteiger partial charge >= 0.3 is 0 Å². The molecule has 0 bridgehead atoms. The van der Waals surface area contributed by atoms with E-state index in [9.17, 15) is 0 Å². The van der Waals surface area contributed by atoms with Gasteiger partial charge in [-0.25, -0.2) is 0 Å². The number of aliphatic imine (C=N–C) groups is 1. The minimum atomic E-state index is 0.131. The molecule has 0 aliphatic carbocycles. The molecule has 0 aromatic heterocycles. The number of amidine groups is 1. The van der Waals surface area contributed by atoms with E-state index >= 15 is 0 Å². The summed E-state index contributed by atoms with van der Waals surface area (Å²) >= 11 is 1.79. The van der Waals surface area contributed by atoms with E-state index in [4.69, 9.17) is 4.99 Å². The van der Waals surface area contributed by atoms with Crippen LogP contribution in [0.5, 0.6) is 0 Å². The normalized spacial score (nSPS) is 18.2. The van der Waals surface area contributed by atoms with Crippen LogP contribution in [0.25, 0.3) is 6.08 Å². The van der Waals surface area contributed by atoms with Gasteiger partial charge in [-0.3, -0.25) is 4.99 Å².